The fourth-order valence-corrected chi connectivity index (χ4v) is 5.18. The van der Waals surface area contributed by atoms with E-state index < -0.39 is 75.5 Å². The minimum absolute atomic E-state index is 0.0342. The molecule has 226 valence electrons. The summed E-state index contributed by atoms with van der Waals surface area (Å²) >= 11 is 0. The molecule has 2 aromatic rings. The smallest absolute Gasteiger partial charge is 0.442 e. The third-order valence-electron chi connectivity index (χ3n) is 6.11. The van der Waals surface area contributed by atoms with Gasteiger partial charge in [-0.1, -0.05) is 0 Å². The summed E-state index contributed by atoms with van der Waals surface area (Å²) in [7, 11) is -1.63. The Morgan fingerprint density at radius 3 is 2.39 bits per heavy atom. The number of carbonyl (C=O) groups excluding carboxylic acids is 2. The van der Waals surface area contributed by atoms with E-state index in [9.17, 15) is 35.8 Å². The minimum atomic E-state index is -4.94. The molecule has 2 unspecified atom stereocenters. The van der Waals surface area contributed by atoms with E-state index >= 15 is 0 Å². The van der Waals surface area contributed by atoms with E-state index in [2.05, 4.69) is 14.7 Å². The van der Waals surface area contributed by atoms with Crippen LogP contribution in [0.15, 0.2) is 39.9 Å². The Kier molecular flexibility index (Phi) is 8.89. The second kappa shape index (κ2) is 11.4. The third kappa shape index (κ3) is 6.86. The molecule has 1 N–H and O–H groups in total. The summed E-state index contributed by atoms with van der Waals surface area (Å²) in [5.74, 6) is -4.43. The quantitative estimate of drug-likeness (QED) is 0.459. The molecule has 0 spiro atoms. The monoisotopic (exact) mass is 608 g/mol. The number of nitrogens with one attached hydrogen (secondary N) is 1. The highest BCUT2D eigenvalue weighted by atomic mass is 32.2. The van der Waals surface area contributed by atoms with Gasteiger partial charge in [0.15, 0.2) is 17.2 Å². The Bertz CT molecular complexity index is 1450. The number of ether oxygens (including phenoxy) is 3. The average Bonchev–Trinajstić information content (AvgIpc) is 3.26. The van der Waals surface area contributed by atoms with Gasteiger partial charge in [0.1, 0.15) is 26.4 Å². The summed E-state index contributed by atoms with van der Waals surface area (Å²) in [5, 5.41) is 2.21. The van der Waals surface area contributed by atoms with Gasteiger partial charge in [0.05, 0.1) is 19.3 Å². The molecule has 1 aromatic carbocycles. The van der Waals surface area contributed by atoms with Crippen LogP contribution in [0.1, 0.15) is 27.2 Å². The number of hydrogen-bond acceptors (Lipinski definition) is 8. The van der Waals surface area contributed by atoms with Crippen LogP contribution in [0.2, 0.25) is 0 Å². The topological polar surface area (TPSA) is 119 Å². The molecule has 10 nitrogen and oxygen atoms in total. The molecule has 1 saturated heterocycles. The van der Waals surface area contributed by atoms with Crippen molar-refractivity contribution in [3.05, 3.63) is 42.1 Å². The van der Waals surface area contributed by atoms with Crippen molar-refractivity contribution in [2.45, 2.75) is 55.6 Å². The van der Waals surface area contributed by atoms with E-state index in [1.807, 2.05) is 0 Å². The fourth-order valence-electron chi connectivity index (χ4n) is 4.16. The van der Waals surface area contributed by atoms with Gasteiger partial charge < -0.3 is 24.4 Å². The largest absolute Gasteiger partial charge is 0.491 e. The van der Waals surface area contributed by atoms with Crippen molar-refractivity contribution in [2.75, 3.05) is 37.2 Å². The van der Waals surface area contributed by atoms with Crippen LogP contribution in [-0.2, 0) is 24.0 Å². The second-order valence-electron chi connectivity index (χ2n) is 10.2. The number of amides is 2. The molecule has 1 aromatic heterocycles. The highest BCUT2D eigenvalue weighted by Crippen LogP contribution is 2.47. The number of aromatic nitrogens is 1. The average molecular weight is 609 g/mol. The Morgan fingerprint density at radius 2 is 1.83 bits per heavy atom. The van der Waals surface area contributed by atoms with E-state index in [0.29, 0.717) is 6.07 Å². The maximum Gasteiger partial charge on any atom is 0.442 e. The van der Waals surface area contributed by atoms with Crippen molar-refractivity contribution in [3.63, 3.8) is 0 Å². The summed E-state index contributed by atoms with van der Waals surface area (Å²) in [5.41, 5.74) is -4.08. The molecule has 16 heteroatoms. The van der Waals surface area contributed by atoms with Crippen LogP contribution in [0.4, 0.5) is 38.1 Å². The molecule has 1 aliphatic rings. The Morgan fingerprint density at radius 1 is 1.17 bits per heavy atom. The summed E-state index contributed by atoms with van der Waals surface area (Å²) in [4.78, 5) is 30.3. The summed E-state index contributed by atoms with van der Waals surface area (Å²) in [6.07, 6.45) is -4.68. The molecule has 0 aliphatic carbocycles. The van der Waals surface area contributed by atoms with Gasteiger partial charge in [0, 0.05) is 31.7 Å². The van der Waals surface area contributed by atoms with Gasteiger partial charge in [0.25, 0.3) is 0 Å². The zero-order valence-electron chi connectivity index (χ0n) is 23.0. The van der Waals surface area contributed by atoms with Crippen LogP contribution in [0.3, 0.4) is 0 Å². The van der Waals surface area contributed by atoms with Gasteiger partial charge in [-0.25, -0.2) is 18.4 Å². The summed E-state index contributed by atoms with van der Waals surface area (Å²) in [6, 6.07) is 2.50. The lowest BCUT2D eigenvalue weighted by Crippen LogP contribution is -2.49. The predicted octanol–water partition coefficient (Wildman–Crippen LogP) is 4.93. The van der Waals surface area contributed by atoms with Crippen molar-refractivity contribution in [2.24, 2.45) is 4.36 Å². The number of carbonyl (C=O) groups is 2. The molecule has 41 heavy (non-hydrogen) atoms. The van der Waals surface area contributed by atoms with Gasteiger partial charge in [-0.3, -0.25) is 4.79 Å². The fraction of sp³-hybridized carbons (Fsp3) is 0.480. The van der Waals surface area contributed by atoms with Gasteiger partial charge in [-0.05, 0) is 45.0 Å². The molecule has 0 saturated carbocycles. The van der Waals surface area contributed by atoms with Crippen molar-refractivity contribution in [3.8, 4) is 5.75 Å². The highest BCUT2D eigenvalue weighted by Gasteiger charge is 2.63. The number of anilines is 2. The zero-order chi connectivity index (χ0) is 31.0. The van der Waals surface area contributed by atoms with Crippen molar-refractivity contribution in [1.82, 2.24) is 4.98 Å². The zero-order valence-corrected chi connectivity index (χ0v) is 23.8. The highest BCUT2D eigenvalue weighted by molar-refractivity contribution is 7.93. The molecule has 2 amide bonds. The van der Waals surface area contributed by atoms with Crippen molar-refractivity contribution >= 4 is 33.1 Å². The van der Waals surface area contributed by atoms with Crippen LogP contribution in [0.25, 0.3) is 0 Å². The van der Waals surface area contributed by atoms with Crippen molar-refractivity contribution in [1.29, 1.82) is 0 Å². The van der Waals surface area contributed by atoms with Crippen LogP contribution in [0, 0.1) is 11.6 Å². The Labute approximate surface area is 233 Å². The molecule has 2 heterocycles. The number of methoxy groups -OCH3 is 2. The van der Waals surface area contributed by atoms with Crippen LogP contribution >= 0.6 is 0 Å². The maximum absolute atomic E-state index is 14.5. The molecular weight excluding hydrogens is 579 g/mol. The minimum Gasteiger partial charge on any atom is -0.491 e. The number of nitrogens with zero attached hydrogens (tertiary/aromatic N) is 3. The van der Waals surface area contributed by atoms with Gasteiger partial charge in [-0.2, -0.15) is 17.6 Å². The number of halogens is 5. The maximum atomic E-state index is 14.5. The Balaban J connectivity index is 2.00. The lowest BCUT2D eigenvalue weighted by atomic mass is 9.99. The number of benzene rings is 1. The lowest BCUT2D eigenvalue weighted by Gasteiger charge is -2.31. The number of rotatable bonds is 6. The first-order valence-electron chi connectivity index (χ1n) is 12.0. The van der Waals surface area contributed by atoms with Gasteiger partial charge >= 0.3 is 12.3 Å². The number of pyridine rings is 1. The van der Waals surface area contributed by atoms with E-state index in [-0.39, 0.29) is 16.4 Å². The third-order valence-corrected chi connectivity index (χ3v) is 7.61. The number of alkyl halides is 3. The van der Waals surface area contributed by atoms with Gasteiger partial charge in [-0.15, -0.1) is 4.36 Å². The van der Waals surface area contributed by atoms with Crippen LogP contribution < -0.4 is 15.0 Å². The molecular formula is C25H29F5N4O6S. The predicted molar refractivity (Wildman–Crippen MR) is 138 cm³/mol. The second-order valence-corrected chi connectivity index (χ2v) is 12.4. The summed E-state index contributed by atoms with van der Waals surface area (Å²) < 4.78 is 102. The first-order chi connectivity index (χ1) is 18.8. The lowest BCUT2D eigenvalue weighted by molar-refractivity contribution is -0.261. The van der Waals surface area contributed by atoms with Crippen molar-refractivity contribution < 1.29 is 50.0 Å². The van der Waals surface area contributed by atoms with E-state index in [4.69, 9.17) is 14.2 Å². The normalized spacial score (nSPS) is 20.8. The first kappa shape index (κ1) is 32.0. The van der Waals surface area contributed by atoms with E-state index in [1.165, 1.54) is 6.07 Å². The molecule has 3 rings (SSSR count). The first-order valence-corrected chi connectivity index (χ1v) is 13.9. The van der Waals surface area contributed by atoms with E-state index in [0.717, 1.165) is 43.7 Å². The molecule has 1 fully saturated rings. The Hall–Kier alpha value is -3.53. The molecule has 3 atom stereocenters. The summed E-state index contributed by atoms with van der Waals surface area (Å²) in [6.45, 7) is 3.83. The SMILES string of the molecule is COc1c(N2CC(OC)(C(F)(F)F)CC2C(=O)Nc2ccnc([S@@](C)(=O)=NC(=O)OC(C)(C)C)c2)ccc(F)c1F. The standard InChI is InChI=1S/C25H29F5N4O6S/c1-23(2,3)40-22(36)33-41(6,37)18-11-14(9-10-31-18)32-21(35)17-12-24(39-5,25(28,29)30)13-34(17)16-8-7-15(26)19(27)20(16)38-4/h7-11,17H,12-13H2,1-6H3,(H,31,32,35)/t17?,24?,41-/m1/s1. The van der Waals surface area contributed by atoms with E-state index in [1.54, 1.807) is 20.8 Å². The number of hydrogen-bond donors (Lipinski definition) is 1. The molecule has 1 aliphatic heterocycles. The van der Waals surface area contributed by atoms with Crippen LogP contribution in [0.5, 0.6) is 5.75 Å². The van der Waals surface area contributed by atoms with Crippen LogP contribution in [-0.4, -0.2) is 71.6 Å². The molecule has 0 bridgehead atoms. The molecule has 0 radical (unpaired) electrons. The van der Waals surface area contributed by atoms with Gasteiger partial charge in [0.2, 0.25) is 11.7 Å².